The minimum absolute atomic E-state index is 0.858. The van der Waals surface area contributed by atoms with Crippen LogP contribution in [-0.4, -0.2) is 9.55 Å². The third-order valence-electron chi connectivity index (χ3n) is 11.9. The second-order valence-corrected chi connectivity index (χ2v) is 15.4. The van der Waals surface area contributed by atoms with Gasteiger partial charge < -0.3 is 0 Å². The third kappa shape index (κ3) is 6.00. The Morgan fingerprint density at radius 2 is 0.932 bits per heavy atom. The molecule has 0 spiro atoms. The minimum Gasteiger partial charge on any atom is -0.296 e. The van der Waals surface area contributed by atoms with Crippen molar-refractivity contribution >= 4 is 43.4 Å². The predicted molar refractivity (Wildman–Crippen MR) is 250 cm³/mol. The monoisotopic (exact) mass is 752 g/mol. The van der Waals surface area contributed by atoms with Crippen molar-refractivity contribution < 1.29 is 0 Å². The first kappa shape index (κ1) is 34.7. The molecule has 59 heavy (non-hydrogen) atoms. The molecule has 0 bridgehead atoms. The molecule has 11 aromatic rings. The van der Waals surface area contributed by atoms with E-state index in [0.29, 0.717) is 0 Å². The van der Waals surface area contributed by atoms with Crippen molar-refractivity contribution in [2.75, 3.05) is 0 Å². The Morgan fingerprint density at radius 1 is 0.373 bits per heavy atom. The van der Waals surface area contributed by atoms with Gasteiger partial charge in [0.2, 0.25) is 0 Å². The molecule has 11 rings (SSSR count). The summed E-state index contributed by atoms with van der Waals surface area (Å²) in [5, 5.41) is 7.34. The lowest BCUT2D eigenvalue weighted by molar-refractivity contribution is 0.909. The predicted octanol–water partition coefficient (Wildman–Crippen LogP) is 15.4. The number of fused-ring (bicyclic) bond motifs is 4. The molecule has 0 unspecified atom stereocenters. The van der Waals surface area contributed by atoms with Gasteiger partial charge in [-0.15, -0.1) is 0 Å². The summed E-state index contributed by atoms with van der Waals surface area (Å²) in [6.07, 6.45) is 0.858. The zero-order chi connectivity index (χ0) is 39.3. The molecule has 0 amide bonds. The number of hydrogen-bond donors (Lipinski definition) is 0. The molecule has 278 valence electrons. The number of aromatic nitrogens is 2. The van der Waals surface area contributed by atoms with Gasteiger partial charge in [0.15, 0.2) is 0 Å². The smallest absolute Gasteiger partial charge is 0.114 e. The maximum absolute atomic E-state index is 4.96. The molecular formula is C57H40N2. The van der Waals surface area contributed by atoms with Crippen LogP contribution < -0.4 is 0 Å². The number of nitrogens with zero attached hydrogens (tertiary/aromatic N) is 2. The Kier molecular flexibility index (Phi) is 8.48. The van der Waals surface area contributed by atoms with Crippen LogP contribution in [0.2, 0.25) is 0 Å². The Morgan fingerprint density at radius 3 is 1.66 bits per heavy atom. The lowest BCUT2D eigenvalue weighted by Gasteiger charge is -2.21. The van der Waals surface area contributed by atoms with Crippen LogP contribution in [0.4, 0.5) is 0 Å². The van der Waals surface area contributed by atoms with Crippen molar-refractivity contribution in [2.45, 2.75) is 13.3 Å². The molecule has 10 aromatic carbocycles. The minimum atomic E-state index is 0.858. The Hall–Kier alpha value is -7.55. The number of imidazole rings is 1. The van der Waals surface area contributed by atoms with E-state index in [-0.39, 0.29) is 0 Å². The lowest BCUT2D eigenvalue weighted by Crippen LogP contribution is -2.00. The topological polar surface area (TPSA) is 17.8 Å². The zero-order valence-corrected chi connectivity index (χ0v) is 32.8. The maximum Gasteiger partial charge on any atom is 0.114 e. The molecule has 2 nitrogen and oxygen atoms in total. The molecule has 2 heteroatoms. The number of para-hydroxylation sites is 2. The molecule has 0 aliphatic carbocycles. The molecule has 0 atom stereocenters. The summed E-state index contributed by atoms with van der Waals surface area (Å²) in [5.74, 6) is 1.07. The van der Waals surface area contributed by atoms with E-state index >= 15 is 0 Å². The van der Waals surface area contributed by atoms with Gasteiger partial charge in [0, 0.05) is 12.1 Å². The van der Waals surface area contributed by atoms with E-state index in [1.54, 1.807) is 0 Å². The summed E-state index contributed by atoms with van der Waals surface area (Å²) in [5.41, 5.74) is 15.4. The molecule has 0 radical (unpaired) electrons. The first-order chi connectivity index (χ1) is 29.2. The van der Waals surface area contributed by atoms with Crippen molar-refractivity contribution in [1.82, 2.24) is 9.55 Å². The van der Waals surface area contributed by atoms with Gasteiger partial charge in [-0.05, 0) is 130 Å². The number of benzene rings is 10. The van der Waals surface area contributed by atoms with E-state index in [4.69, 9.17) is 4.98 Å². The van der Waals surface area contributed by atoms with Crippen LogP contribution in [0.1, 0.15) is 12.7 Å². The average molecular weight is 753 g/mol. The van der Waals surface area contributed by atoms with Crippen LogP contribution in [0.25, 0.3) is 105 Å². The van der Waals surface area contributed by atoms with Crippen molar-refractivity contribution in [3.8, 4) is 61.3 Å². The summed E-state index contributed by atoms with van der Waals surface area (Å²) >= 11 is 0. The standard InChI is InChI=1S/C57H40N2/c1-2-55-58-53-24-14-15-25-54(53)59(55)46-31-28-41-34-45(27-26-42(41)35-46)56-48-22-12-13-23-49(48)57(52-37-44(30-33-50(52)56)39-18-8-4-9-19-39)51-36-43(38-16-6-3-7-17-38)29-32-47(51)40-20-10-5-11-21-40/h3-37H,2H2,1H3. The fourth-order valence-corrected chi connectivity index (χ4v) is 9.15. The SMILES string of the molecule is CCc1nc2ccccc2n1-c1ccc2cc(-c3c4ccccc4c(-c4cc(-c5ccccc5)ccc4-c4ccccc4)c4cc(-c5ccccc5)ccc34)ccc2c1. The zero-order valence-electron chi connectivity index (χ0n) is 32.8. The van der Waals surface area contributed by atoms with Crippen LogP contribution in [-0.2, 0) is 6.42 Å². The second-order valence-electron chi connectivity index (χ2n) is 15.4. The number of hydrogen-bond acceptors (Lipinski definition) is 1. The van der Waals surface area contributed by atoms with Gasteiger partial charge in [0.25, 0.3) is 0 Å². The average Bonchev–Trinajstić information content (AvgIpc) is 3.70. The normalized spacial score (nSPS) is 11.5. The first-order valence-electron chi connectivity index (χ1n) is 20.5. The van der Waals surface area contributed by atoms with Crippen molar-refractivity contribution in [3.05, 3.63) is 218 Å². The molecule has 1 heterocycles. The molecule has 0 aliphatic rings. The van der Waals surface area contributed by atoms with E-state index in [0.717, 1.165) is 29.0 Å². The Labute approximate surface area is 344 Å². The van der Waals surface area contributed by atoms with Crippen LogP contribution in [0, 0.1) is 0 Å². The molecule has 0 N–H and O–H groups in total. The lowest BCUT2D eigenvalue weighted by atomic mass is 9.82. The van der Waals surface area contributed by atoms with Crippen molar-refractivity contribution in [3.63, 3.8) is 0 Å². The van der Waals surface area contributed by atoms with Gasteiger partial charge in [-0.3, -0.25) is 4.57 Å². The summed E-state index contributed by atoms with van der Waals surface area (Å²) in [4.78, 5) is 4.96. The van der Waals surface area contributed by atoms with Gasteiger partial charge in [-0.25, -0.2) is 4.98 Å². The Balaban J connectivity index is 1.18. The largest absolute Gasteiger partial charge is 0.296 e. The third-order valence-corrected chi connectivity index (χ3v) is 11.9. The van der Waals surface area contributed by atoms with Crippen molar-refractivity contribution in [2.24, 2.45) is 0 Å². The molecule has 1 aromatic heterocycles. The van der Waals surface area contributed by atoms with E-state index in [1.807, 2.05) is 0 Å². The Bertz CT molecular complexity index is 3340. The first-order valence-corrected chi connectivity index (χ1v) is 20.5. The molecule has 0 fully saturated rings. The van der Waals surface area contributed by atoms with E-state index in [2.05, 4.69) is 224 Å². The number of rotatable bonds is 7. The highest BCUT2D eigenvalue weighted by Gasteiger charge is 2.21. The highest BCUT2D eigenvalue weighted by Crippen LogP contribution is 2.48. The number of aryl methyl sites for hydroxylation is 1. The van der Waals surface area contributed by atoms with Crippen LogP contribution >= 0.6 is 0 Å². The summed E-state index contributed by atoms with van der Waals surface area (Å²) in [7, 11) is 0. The van der Waals surface area contributed by atoms with Crippen LogP contribution in [0.3, 0.4) is 0 Å². The van der Waals surface area contributed by atoms with Gasteiger partial charge in [0.1, 0.15) is 5.82 Å². The van der Waals surface area contributed by atoms with E-state index < -0.39 is 0 Å². The fourth-order valence-electron chi connectivity index (χ4n) is 9.15. The maximum atomic E-state index is 4.96. The molecule has 0 saturated heterocycles. The molecule has 0 saturated carbocycles. The second kappa shape index (κ2) is 14.4. The van der Waals surface area contributed by atoms with Gasteiger partial charge >= 0.3 is 0 Å². The van der Waals surface area contributed by atoms with Gasteiger partial charge in [-0.1, -0.05) is 177 Å². The summed E-state index contributed by atoms with van der Waals surface area (Å²) < 4.78 is 2.31. The highest BCUT2D eigenvalue weighted by atomic mass is 15.1. The summed E-state index contributed by atoms with van der Waals surface area (Å²) in [6, 6.07) is 77.7. The quantitative estimate of drug-likeness (QED) is 0.148. The summed E-state index contributed by atoms with van der Waals surface area (Å²) in [6.45, 7) is 2.18. The van der Waals surface area contributed by atoms with Crippen LogP contribution in [0.15, 0.2) is 212 Å². The fraction of sp³-hybridized carbons (Fsp3) is 0.0351. The van der Waals surface area contributed by atoms with Gasteiger partial charge in [0.05, 0.1) is 11.0 Å². The molecule has 0 aliphatic heterocycles. The highest BCUT2D eigenvalue weighted by molar-refractivity contribution is 6.23. The molecular weight excluding hydrogens is 713 g/mol. The van der Waals surface area contributed by atoms with E-state index in [1.165, 1.54) is 88.0 Å². The van der Waals surface area contributed by atoms with Crippen molar-refractivity contribution in [1.29, 1.82) is 0 Å². The van der Waals surface area contributed by atoms with Gasteiger partial charge in [-0.2, -0.15) is 0 Å². The van der Waals surface area contributed by atoms with E-state index in [9.17, 15) is 0 Å². The van der Waals surface area contributed by atoms with Crippen LogP contribution in [0.5, 0.6) is 0 Å².